The molecule has 0 radical (unpaired) electrons. The lowest BCUT2D eigenvalue weighted by Crippen LogP contribution is -2.40. The molecule has 0 aromatic heterocycles. The molecular weight excluding hydrogens is 376 g/mol. The number of benzene rings is 2. The number of rotatable bonds is 5. The Hall–Kier alpha value is -3.09. The van der Waals surface area contributed by atoms with Crippen molar-refractivity contribution in [2.24, 2.45) is 11.0 Å². The van der Waals surface area contributed by atoms with Gasteiger partial charge in [-0.1, -0.05) is 50.2 Å². The Balaban J connectivity index is 1.94. The van der Waals surface area contributed by atoms with Crippen LogP contribution in [-0.4, -0.2) is 41.0 Å². The zero-order valence-electron chi connectivity index (χ0n) is 16.6. The van der Waals surface area contributed by atoms with Crippen molar-refractivity contribution in [2.75, 3.05) is 13.6 Å². The molecule has 0 spiro atoms. The summed E-state index contributed by atoms with van der Waals surface area (Å²) in [6.45, 7) is 3.29. The van der Waals surface area contributed by atoms with Crippen LogP contribution >= 0.6 is 0 Å². The molecule has 1 aliphatic rings. The van der Waals surface area contributed by atoms with Crippen LogP contribution < -0.4 is 0 Å². The number of hydrazone groups is 1. The van der Waals surface area contributed by atoms with Crippen molar-refractivity contribution in [1.29, 1.82) is 0 Å². The fourth-order valence-electron chi connectivity index (χ4n) is 3.38. The van der Waals surface area contributed by atoms with Gasteiger partial charge in [-0.2, -0.15) is 5.10 Å². The van der Waals surface area contributed by atoms with E-state index in [1.54, 1.807) is 50.2 Å². The second-order valence-corrected chi connectivity index (χ2v) is 7.36. The number of likely N-dealkylation sites (N-methyl/N-ethyl adjacent to an activating group) is 1. The van der Waals surface area contributed by atoms with E-state index in [0.717, 1.165) is 0 Å². The van der Waals surface area contributed by atoms with Crippen LogP contribution in [0.15, 0.2) is 53.6 Å². The van der Waals surface area contributed by atoms with Gasteiger partial charge in [-0.25, -0.2) is 13.8 Å². The summed E-state index contributed by atoms with van der Waals surface area (Å²) in [6, 6.07) is 11.6. The summed E-state index contributed by atoms with van der Waals surface area (Å²) in [4.78, 5) is 26.4. The lowest BCUT2D eigenvalue weighted by atomic mass is 9.97. The molecular formula is C22H23F2N3O2. The first-order valence-electron chi connectivity index (χ1n) is 9.43. The molecule has 0 N–H and O–H groups in total. The minimum Gasteiger partial charge on any atom is -0.336 e. The van der Waals surface area contributed by atoms with E-state index in [0.29, 0.717) is 11.3 Å². The van der Waals surface area contributed by atoms with E-state index in [2.05, 4.69) is 5.10 Å². The molecule has 1 heterocycles. The van der Waals surface area contributed by atoms with Gasteiger partial charge in [-0.05, 0) is 12.1 Å². The average Bonchev–Trinajstić information content (AvgIpc) is 3.13. The van der Waals surface area contributed by atoms with Gasteiger partial charge in [0.05, 0.1) is 11.8 Å². The molecule has 1 atom stereocenters. The molecule has 0 bridgehead atoms. The zero-order chi connectivity index (χ0) is 21.1. The molecule has 0 saturated heterocycles. The molecule has 0 saturated carbocycles. The standard InChI is InChI=1S/C22H23F2N3O2/c1-14(2)22(29)26(3)13-21(28)27-20(16-9-5-7-11-18(16)24)12-19(25-27)15-8-4-6-10-17(15)23/h4-11,14,20H,12-13H2,1-3H3/t20-/m0/s1. The van der Waals surface area contributed by atoms with Crippen LogP contribution in [0.5, 0.6) is 0 Å². The van der Waals surface area contributed by atoms with Crippen molar-refractivity contribution in [3.63, 3.8) is 0 Å². The fraction of sp³-hybridized carbons (Fsp3) is 0.318. The fourth-order valence-corrected chi connectivity index (χ4v) is 3.38. The van der Waals surface area contributed by atoms with Gasteiger partial charge >= 0.3 is 0 Å². The summed E-state index contributed by atoms with van der Waals surface area (Å²) in [6.07, 6.45) is 0.176. The minimum atomic E-state index is -0.708. The first kappa shape index (κ1) is 20.6. The monoisotopic (exact) mass is 399 g/mol. The van der Waals surface area contributed by atoms with Gasteiger partial charge in [0.25, 0.3) is 5.91 Å². The van der Waals surface area contributed by atoms with Crippen LogP contribution in [0.2, 0.25) is 0 Å². The second-order valence-electron chi connectivity index (χ2n) is 7.36. The number of hydrogen-bond acceptors (Lipinski definition) is 3. The van der Waals surface area contributed by atoms with E-state index < -0.39 is 23.6 Å². The van der Waals surface area contributed by atoms with Gasteiger partial charge in [0.1, 0.15) is 18.2 Å². The summed E-state index contributed by atoms with van der Waals surface area (Å²) in [5.74, 6) is -1.82. The molecule has 0 fully saturated rings. The van der Waals surface area contributed by atoms with Crippen LogP contribution in [0.25, 0.3) is 0 Å². The van der Waals surface area contributed by atoms with E-state index in [4.69, 9.17) is 0 Å². The van der Waals surface area contributed by atoms with Crippen molar-refractivity contribution < 1.29 is 18.4 Å². The van der Waals surface area contributed by atoms with Crippen LogP contribution in [0.4, 0.5) is 8.78 Å². The molecule has 29 heavy (non-hydrogen) atoms. The Morgan fingerprint density at radius 1 is 1.10 bits per heavy atom. The highest BCUT2D eigenvalue weighted by Gasteiger charge is 2.36. The summed E-state index contributed by atoms with van der Waals surface area (Å²) in [5.41, 5.74) is 0.937. The van der Waals surface area contributed by atoms with Crippen molar-refractivity contribution in [2.45, 2.75) is 26.3 Å². The summed E-state index contributed by atoms with van der Waals surface area (Å²) >= 11 is 0. The first-order chi connectivity index (χ1) is 13.8. The van der Waals surface area contributed by atoms with E-state index in [1.807, 2.05) is 0 Å². The van der Waals surface area contributed by atoms with Crippen molar-refractivity contribution in [1.82, 2.24) is 9.91 Å². The smallest absolute Gasteiger partial charge is 0.262 e. The number of nitrogens with zero attached hydrogens (tertiary/aromatic N) is 3. The number of hydrogen-bond donors (Lipinski definition) is 0. The molecule has 3 rings (SSSR count). The molecule has 5 nitrogen and oxygen atoms in total. The van der Waals surface area contributed by atoms with Gasteiger partial charge < -0.3 is 4.90 Å². The Morgan fingerprint density at radius 2 is 1.72 bits per heavy atom. The van der Waals surface area contributed by atoms with E-state index in [9.17, 15) is 18.4 Å². The number of carbonyl (C=O) groups is 2. The highest BCUT2D eigenvalue weighted by molar-refractivity contribution is 6.03. The zero-order valence-corrected chi connectivity index (χ0v) is 16.6. The summed E-state index contributed by atoms with van der Waals surface area (Å²) in [7, 11) is 1.54. The number of halogens is 2. The van der Waals surface area contributed by atoms with Gasteiger partial charge in [-0.15, -0.1) is 0 Å². The van der Waals surface area contributed by atoms with E-state index >= 15 is 0 Å². The quantitative estimate of drug-likeness (QED) is 0.769. The molecule has 152 valence electrons. The largest absolute Gasteiger partial charge is 0.336 e. The van der Waals surface area contributed by atoms with Gasteiger partial charge in [0, 0.05) is 30.5 Å². The molecule has 2 aromatic carbocycles. The van der Waals surface area contributed by atoms with Crippen molar-refractivity contribution in [3.8, 4) is 0 Å². The van der Waals surface area contributed by atoms with Crippen LogP contribution in [-0.2, 0) is 9.59 Å². The third-order valence-electron chi connectivity index (χ3n) is 4.86. The first-order valence-corrected chi connectivity index (χ1v) is 9.43. The maximum Gasteiger partial charge on any atom is 0.262 e. The van der Waals surface area contributed by atoms with Gasteiger partial charge in [-0.3, -0.25) is 9.59 Å². The van der Waals surface area contributed by atoms with Crippen molar-refractivity contribution >= 4 is 17.5 Å². The summed E-state index contributed by atoms with van der Waals surface area (Å²) in [5, 5.41) is 5.50. The predicted molar refractivity (Wildman–Crippen MR) is 106 cm³/mol. The lowest BCUT2D eigenvalue weighted by molar-refractivity contribution is -0.142. The van der Waals surface area contributed by atoms with E-state index in [1.165, 1.54) is 29.1 Å². The van der Waals surface area contributed by atoms with Crippen LogP contribution in [0, 0.1) is 17.6 Å². The Bertz CT molecular complexity index is 959. The molecule has 0 unspecified atom stereocenters. The summed E-state index contributed by atoms with van der Waals surface area (Å²) < 4.78 is 28.7. The minimum absolute atomic E-state index is 0.176. The lowest BCUT2D eigenvalue weighted by Gasteiger charge is -2.25. The topological polar surface area (TPSA) is 53.0 Å². The maximum atomic E-state index is 14.5. The van der Waals surface area contributed by atoms with Gasteiger partial charge in [0.2, 0.25) is 5.91 Å². The Kier molecular flexibility index (Phi) is 6.06. The molecule has 2 aromatic rings. The van der Waals surface area contributed by atoms with E-state index in [-0.39, 0.29) is 30.4 Å². The number of carbonyl (C=O) groups excluding carboxylic acids is 2. The second kappa shape index (κ2) is 8.51. The third-order valence-corrected chi connectivity index (χ3v) is 4.86. The average molecular weight is 399 g/mol. The highest BCUT2D eigenvalue weighted by Crippen LogP contribution is 2.34. The molecule has 1 aliphatic heterocycles. The maximum absolute atomic E-state index is 14.5. The Morgan fingerprint density at radius 3 is 2.34 bits per heavy atom. The number of amides is 2. The molecule has 0 aliphatic carbocycles. The van der Waals surface area contributed by atoms with Crippen molar-refractivity contribution in [3.05, 3.63) is 71.3 Å². The highest BCUT2D eigenvalue weighted by atomic mass is 19.1. The molecule has 2 amide bonds. The Labute approximate surface area is 168 Å². The third kappa shape index (κ3) is 4.34. The SMILES string of the molecule is CC(C)C(=O)N(C)CC(=O)N1N=C(c2ccccc2F)C[C@H]1c1ccccc1F. The normalized spacial score (nSPS) is 16.1. The van der Waals surface area contributed by atoms with Crippen LogP contribution in [0.1, 0.15) is 37.4 Å². The van der Waals surface area contributed by atoms with Gasteiger partial charge in [0.15, 0.2) is 0 Å². The molecule has 7 heteroatoms. The predicted octanol–water partition coefficient (Wildman–Crippen LogP) is 3.76. The van der Waals surface area contributed by atoms with Crippen LogP contribution in [0.3, 0.4) is 0 Å².